The Hall–Kier alpha value is -3.01. The number of carbonyl (C=O) groups excluding carboxylic acids is 1. The number of carbonyl (C=O) groups is 1. The van der Waals surface area contributed by atoms with Gasteiger partial charge in [0.15, 0.2) is 0 Å². The quantitative estimate of drug-likeness (QED) is 0.515. The summed E-state index contributed by atoms with van der Waals surface area (Å²) in [5, 5.41) is 5.36. The molecule has 0 bridgehead atoms. The average molecular weight is 331 g/mol. The molecule has 2 heterocycles. The van der Waals surface area contributed by atoms with E-state index in [9.17, 15) is 4.79 Å². The van der Waals surface area contributed by atoms with Crippen molar-refractivity contribution < 1.29 is 4.79 Å². The lowest BCUT2D eigenvalue weighted by molar-refractivity contribution is 0.0954. The Morgan fingerprint density at radius 2 is 1.88 bits per heavy atom. The first-order valence-corrected chi connectivity index (χ1v) is 8.55. The molecule has 0 saturated heterocycles. The number of H-pyrrole nitrogens is 2. The molecule has 0 spiro atoms. The summed E-state index contributed by atoms with van der Waals surface area (Å²) in [7, 11) is 0. The SMILES string of the molecule is Cc1[nH]c2ccc(C(=O)NCCc3c[nH]c4ccccc34)cc2c1C. The van der Waals surface area contributed by atoms with Crippen molar-refractivity contribution in [2.24, 2.45) is 0 Å². The number of para-hydroxylation sites is 1. The molecule has 4 rings (SSSR count). The summed E-state index contributed by atoms with van der Waals surface area (Å²) < 4.78 is 0. The molecule has 0 unspecified atom stereocenters. The monoisotopic (exact) mass is 331 g/mol. The number of amides is 1. The van der Waals surface area contributed by atoms with E-state index >= 15 is 0 Å². The second-order valence-corrected chi connectivity index (χ2v) is 6.50. The molecule has 4 heteroatoms. The van der Waals surface area contributed by atoms with Gasteiger partial charge in [-0.2, -0.15) is 0 Å². The van der Waals surface area contributed by atoms with Gasteiger partial charge in [0.2, 0.25) is 0 Å². The van der Waals surface area contributed by atoms with Crippen molar-refractivity contribution in [2.45, 2.75) is 20.3 Å². The summed E-state index contributed by atoms with van der Waals surface area (Å²) in [5.74, 6) is -0.0278. The fraction of sp³-hybridized carbons (Fsp3) is 0.190. The molecule has 0 aliphatic heterocycles. The van der Waals surface area contributed by atoms with Gasteiger partial charge in [-0.15, -0.1) is 0 Å². The Balaban J connectivity index is 1.46. The van der Waals surface area contributed by atoms with E-state index in [0.29, 0.717) is 12.1 Å². The molecule has 126 valence electrons. The Kier molecular flexibility index (Phi) is 3.80. The van der Waals surface area contributed by atoms with E-state index in [1.807, 2.05) is 36.5 Å². The highest BCUT2D eigenvalue weighted by Gasteiger charge is 2.10. The molecule has 4 nitrogen and oxygen atoms in total. The van der Waals surface area contributed by atoms with Crippen LogP contribution in [0.4, 0.5) is 0 Å². The fourth-order valence-electron chi connectivity index (χ4n) is 3.35. The number of aryl methyl sites for hydroxylation is 2. The van der Waals surface area contributed by atoms with Crippen LogP contribution in [0.15, 0.2) is 48.7 Å². The smallest absolute Gasteiger partial charge is 0.251 e. The van der Waals surface area contributed by atoms with Gasteiger partial charge in [0.1, 0.15) is 0 Å². The summed E-state index contributed by atoms with van der Waals surface area (Å²) >= 11 is 0. The van der Waals surface area contributed by atoms with Crippen LogP contribution >= 0.6 is 0 Å². The molecule has 1 amide bonds. The van der Waals surface area contributed by atoms with Gasteiger partial charge in [0.05, 0.1) is 0 Å². The van der Waals surface area contributed by atoms with Crippen LogP contribution in [0, 0.1) is 13.8 Å². The zero-order chi connectivity index (χ0) is 17.4. The number of benzene rings is 2. The Bertz CT molecular complexity index is 1070. The summed E-state index contributed by atoms with van der Waals surface area (Å²) in [6, 6.07) is 14.0. The van der Waals surface area contributed by atoms with Crippen LogP contribution in [0.25, 0.3) is 21.8 Å². The Morgan fingerprint density at radius 1 is 1.04 bits per heavy atom. The number of hydrogen-bond acceptors (Lipinski definition) is 1. The van der Waals surface area contributed by atoms with Crippen molar-refractivity contribution >= 4 is 27.7 Å². The normalized spacial score (nSPS) is 11.3. The molecule has 3 N–H and O–H groups in total. The molecule has 2 aromatic carbocycles. The molecule has 4 aromatic rings. The number of rotatable bonds is 4. The first-order valence-electron chi connectivity index (χ1n) is 8.55. The maximum Gasteiger partial charge on any atom is 0.251 e. The standard InChI is InChI=1S/C21H21N3O/c1-13-14(2)24-20-8-7-15(11-18(13)20)21(25)22-10-9-16-12-23-19-6-4-3-5-17(16)19/h3-8,11-12,23-24H,9-10H2,1-2H3,(H,22,25). The van der Waals surface area contributed by atoms with Gasteiger partial charge in [-0.1, -0.05) is 18.2 Å². The van der Waals surface area contributed by atoms with Crippen molar-refractivity contribution in [3.05, 3.63) is 71.0 Å². The minimum absolute atomic E-state index is 0.0278. The van der Waals surface area contributed by atoms with E-state index in [4.69, 9.17) is 0 Å². The predicted octanol–water partition coefficient (Wildman–Crippen LogP) is 4.24. The highest BCUT2D eigenvalue weighted by molar-refractivity contribution is 5.99. The third-order valence-corrected chi connectivity index (χ3v) is 4.93. The summed E-state index contributed by atoms with van der Waals surface area (Å²) in [5.41, 5.74) is 6.48. The van der Waals surface area contributed by atoms with E-state index in [0.717, 1.165) is 28.5 Å². The number of aromatic amines is 2. The molecule has 0 aliphatic rings. The van der Waals surface area contributed by atoms with Gasteiger partial charge in [0, 0.05) is 45.8 Å². The Morgan fingerprint density at radius 3 is 2.76 bits per heavy atom. The summed E-state index contributed by atoms with van der Waals surface area (Å²) in [6.45, 7) is 4.74. The minimum atomic E-state index is -0.0278. The summed E-state index contributed by atoms with van der Waals surface area (Å²) in [4.78, 5) is 19.1. The Labute approximate surface area is 146 Å². The summed E-state index contributed by atoms with van der Waals surface area (Å²) in [6.07, 6.45) is 2.83. The first kappa shape index (κ1) is 15.5. The van der Waals surface area contributed by atoms with Crippen molar-refractivity contribution in [1.29, 1.82) is 0 Å². The van der Waals surface area contributed by atoms with Gasteiger partial charge >= 0.3 is 0 Å². The van der Waals surface area contributed by atoms with Crippen LogP contribution in [0.1, 0.15) is 27.2 Å². The molecule has 25 heavy (non-hydrogen) atoms. The number of nitrogens with one attached hydrogen (secondary N) is 3. The lowest BCUT2D eigenvalue weighted by Crippen LogP contribution is -2.25. The number of aromatic nitrogens is 2. The van der Waals surface area contributed by atoms with Gasteiger partial charge in [-0.3, -0.25) is 4.79 Å². The molecule has 0 aliphatic carbocycles. The van der Waals surface area contributed by atoms with Crippen LogP contribution in [0.2, 0.25) is 0 Å². The first-order chi connectivity index (χ1) is 12.1. The third-order valence-electron chi connectivity index (χ3n) is 4.93. The van der Waals surface area contributed by atoms with E-state index < -0.39 is 0 Å². The van der Waals surface area contributed by atoms with Crippen molar-refractivity contribution in [1.82, 2.24) is 15.3 Å². The van der Waals surface area contributed by atoms with Crippen LogP contribution in [0.5, 0.6) is 0 Å². The van der Waals surface area contributed by atoms with Crippen LogP contribution < -0.4 is 5.32 Å². The maximum atomic E-state index is 12.5. The second kappa shape index (κ2) is 6.13. The fourth-order valence-corrected chi connectivity index (χ4v) is 3.35. The van der Waals surface area contributed by atoms with Crippen LogP contribution in [-0.2, 0) is 6.42 Å². The average Bonchev–Trinajstić information content (AvgIpc) is 3.16. The molecule has 2 aromatic heterocycles. The second-order valence-electron chi connectivity index (χ2n) is 6.50. The zero-order valence-electron chi connectivity index (χ0n) is 14.4. The molecular formula is C21H21N3O. The van der Waals surface area contributed by atoms with Gasteiger partial charge < -0.3 is 15.3 Å². The maximum absolute atomic E-state index is 12.5. The van der Waals surface area contributed by atoms with E-state index in [1.165, 1.54) is 16.5 Å². The number of hydrogen-bond donors (Lipinski definition) is 3. The van der Waals surface area contributed by atoms with Crippen molar-refractivity contribution in [3.63, 3.8) is 0 Å². The predicted molar refractivity (Wildman–Crippen MR) is 102 cm³/mol. The molecule has 0 atom stereocenters. The van der Waals surface area contributed by atoms with Gasteiger partial charge in [-0.25, -0.2) is 0 Å². The zero-order valence-corrected chi connectivity index (χ0v) is 14.4. The van der Waals surface area contributed by atoms with Crippen molar-refractivity contribution in [3.8, 4) is 0 Å². The van der Waals surface area contributed by atoms with Gasteiger partial charge in [-0.05, 0) is 55.7 Å². The van der Waals surface area contributed by atoms with Crippen LogP contribution in [-0.4, -0.2) is 22.4 Å². The number of fused-ring (bicyclic) bond motifs is 2. The molecule has 0 saturated carbocycles. The van der Waals surface area contributed by atoms with Crippen LogP contribution in [0.3, 0.4) is 0 Å². The van der Waals surface area contributed by atoms with E-state index in [2.05, 4.69) is 41.3 Å². The van der Waals surface area contributed by atoms with E-state index in [-0.39, 0.29) is 5.91 Å². The highest BCUT2D eigenvalue weighted by atomic mass is 16.1. The van der Waals surface area contributed by atoms with Crippen molar-refractivity contribution in [2.75, 3.05) is 6.54 Å². The largest absolute Gasteiger partial charge is 0.361 e. The third kappa shape index (κ3) is 2.80. The molecule has 0 fully saturated rings. The van der Waals surface area contributed by atoms with Gasteiger partial charge in [0.25, 0.3) is 5.91 Å². The molecular weight excluding hydrogens is 310 g/mol. The topological polar surface area (TPSA) is 60.7 Å². The minimum Gasteiger partial charge on any atom is -0.361 e. The molecule has 0 radical (unpaired) electrons. The lowest BCUT2D eigenvalue weighted by Gasteiger charge is -2.05. The van der Waals surface area contributed by atoms with E-state index in [1.54, 1.807) is 0 Å². The highest BCUT2D eigenvalue weighted by Crippen LogP contribution is 2.22. The lowest BCUT2D eigenvalue weighted by atomic mass is 10.1.